The molecule has 0 aliphatic heterocycles. The molecule has 0 aromatic heterocycles. The fourth-order valence-electron chi connectivity index (χ4n) is 0. The number of aliphatic hydroxyl groups excluding tert-OH is 1. The predicted octanol–water partition coefficient (Wildman–Crippen LogP) is 1.35. The molecule has 1 N–H and O–H groups in total. The van der Waals surface area contributed by atoms with Crippen LogP contribution in [0.5, 0.6) is 0 Å². The van der Waals surface area contributed by atoms with E-state index in [2.05, 4.69) is 5.11 Å². The fraction of sp³-hybridized carbons (Fsp3) is 1.00. The Balaban J connectivity index is 3.15. The third-order valence-electron chi connectivity index (χ3n) is 0.164. The number of hydrogen-bond donors (Lipinski definition) is 1. The SMILES string of the molecule is [2H]OCC(Cl)(Cl)Cl. The number of rotatable bonds is 1. The van der Waals surface area contributed by atoms with E-state index in [9.17, 15) is 0 Å². The maximum atomic E-state index is 6.10. The average Bonchev–Trinajstić information content (AvgIpc) is 1.30. The van der Waals surface area contributed by atoms with Gasteiger partial charge in [0.05, 0.1) is 6.61 Å². The van der Waals surface area contributed by atoms with Crippen LogP contribution in [0.4, 0.5) is 0 Å². The lowest BCUT2D eigenvalue weighted by molar-refractivity contribution is 0.303. The van der Waals surface area contributed by atoms with E-state index < -0.39 is 3.79 Å². The minimum Gasteiger partial charge on any atom is -0.392 e. The Labute approximate surface area is 52.3 Å². The molecule has 6 heavy (non-hydrogen) atoms. The summed E-state index contributed by atoms with van der Waals surface area (Å²) in [6, 6.07) is 0. The fourth-order valence-corrected chi connectivity index (χ4v) is 0. The molecule has 0 atom stereocenters. The smallest absolute Gasteiger partial charge is 0.213 e. The summed E-state index contributed by atoms with van der Waals surface area (Å²) in [5, 5.41) is 3.76. The second-order valence-corrected chi connectivity index (χ2v) is 3.28. The summed E-state index contributed by atoms with van der Waals surface area (Å²) in [6.07, 6.45) is 0. The van der Waals surface area contributed by atoms with Crippen molar-refractivity contribution in [2.24, 2.45) is 0 Å². The van der Waals surface area contributed by atoms with Gasteiger partial charge < -0.3 is 5.11 Å². The van der Waals surface area contributed by atoms with Crippen LogP contribution < -0.4 is 0 Å². The van der Waals surface area contributed by atoms with Crippen LogP contribution in [0.25, 0.3) is 0 Å². The lowest BCUT2D eigenvalue weighted by Crippen LogP contribution is -2.06. The van der Waals surface area contributed by atoms with Gasteiger partial charge in [0.25, 0.3) is 0 Å². The van der Waals surface area contributed by atoms with E-state index >= 15 is 0 Å². The van der Waals surface area contributed by atoms with Crippen molar-refractivity contribution < 1.29 is 5.11 Å². The zero-order valence-corrected chi connectivity index (χ0v) is 5.02. The normalized spacial score (nSPS) is 14.2. The Morgan fingerprint density at radius 2 is 2.17 bits per heavy atom. The van der Waals surface area contributed by atoms with Crippen molar-refractivity contribution in [2.45, 2.75) is 3.79 Å². The molecule has 0 saturated heterocycles. The van der Waals surface area contributed by atoms with Crippen LogP contribution >= 0.6 is 34.8 Å². The average molecular weight is 150 g/mol. The molecule has 0 bridgehead atoms. The van der Waals surface area contributed by atoms with Crippen LogP contribution in [0, 0.1) is 0 Å². The summed E-state index contributed by atoms with van der Waals surface area (Å²) in [5.41, 5.74) is 0. The van der Waals surface area contributed by atoms with E-state index in [1.54, 1.807) is 0 Å². The van der Waals surface area contributed by atoms with Crippen LogP contribution in [0.1, 0.15) is 0 Å². The quantitative estimate of drug-likeness (QED) is 0.560. The molecule has 4 heteroatoms. The van der Waals surface area contributed by atoms with Gasteiger partial charge in [-0.3, -0.25) is 0 Å². The summed E-state index contributed by atoms with van der Waals surface area (Å²) in [4.78, 5) is 0. The highest BCUT2D eigenvalue weighted by Crippen LogP contribution is 2.23. The second-order valence-electron chi connectivity index (χ2n) is 0.760. The third kappa shape index (κ3) is 4.83. The molecule has 0 spiro atoms. The standard InChI is InChI=1S/C2H3Cl3O/c3-2(4,5)1-6/h6H,1H2/i6D. The maximum absolute atomic E-state index is 6.10. The van der Waals surface area contributed by atoms with Gasteiger partial charge in [0.15, 0.2) is 0 Å². The van der Waals surface area contributed by atoms with Crippen LogP contribution in [0.15, 0.2) is 0 Å². The predicted molar refractivity (Wildman–Crippen MR) is 27.4 cm³/mol. The zero-order valence-electron chi connectivity index (χ0n) is 3.75. The summed E-state index contributed by atoms with van der Waals surface area (Å²) >= 11 is 15.4. The van der Waals surface area contributed by atoms with Crippen molar-refractivity contribution in [2.75, 3.05) is 6.61 Å². The first-order chi connectivity index (χ1) is 3.06. The Kier molecular flexibility index (Phi) is 1.84. The van der Waals surface area contributed by atoms with E-state index in [4.69, 9.17) is 36.2 Å². The van der Waals surface area contributed by atoms with E-state index in [1.807, 2.05) is 0 Å². The zero-order chi connectivity index (χ0) is 5.91. The lowest BCUT2D eigenvalue weighted by Gasteiger charge is -2.01. The number of halogens is 3. The lowest BCUT2D eigenvalue weighted by atomic mass is 10.9. The summed E-state index contributed by atoms with van der Waals surface area (Å²) in [7, 11) is 0. The van der Waals surface area contributed by atoms with Gasteiger partial charge in [-0.05, 0) is 0 Å². The van der Waals surface area contributed by atoms with Gasteiger partial charge in [-0.15, -0.1) is 0 Å². The topological polar surface area (TPSA) is 20.2 Å². The summed E-state index contributed by atoms with van der Waals surface area (Å²) in [6.45, 7) is -0.197. The van der Waals surface area contributed by atoms with E-state index in [0.29, 0.717) is 0 Å². The van der Waals surface area contributed by atoms with Gasteiger partial charge in [0.1, 0.15) is 0 Å². The molecule has 0 radical (unpaired) electrons. The maximum Gasteiger partial charge on any atom is 0.213 e. The molecule has 0 aromatic carbocycles. The molecular weight excluding hydrogens is 146 g/mol. The molecule has 0 heterocycles. The second kappa shape index (κ2) is 2.22. The molecule has 0 amide bonds. The largest absolute Gasteiger partial charge is 0.392 e. The van der Waals surface area contributed by atoms with E-state index in [0.717, 1.165) is 0 Å². The van der Waals surface area contributed by atoms with Crippen LogP contribution in [-0.4, -0.2) is 16.9 Å². The van der Waals surface area contributed by atoms with Gasteiger partial charge in [0.2, 0.25) is 5.22 Å². The van der Waals surface area contributed by atoms with E-state index in [1.165, 1.54) is 0 Å². The molecule has 0 saturated carbocycles. The van der Waals surface area contributed by atoms with Gasteiger partial charge in [-0.2, -0.15) is 0 Å². The monoisotopic (exact) mass is 149 g/mol. The molecule has 0 unspecified atom stereocenters. The van der Waals surface area contributed by atoms with Crippen molar-refractivity contribution in [3.63, 3.8) is 0 Å². The molecule has 0 aromatic rings. The molecule has 0 aliphatic rings. The Morgan fingerprint density at radius 1 is 1.67 bits per heavy atom. The van der Waals surface area contributed by atoms with Crippen molar-refractivity contribution >= 4 is 34.8 Å². The highest BCUT2D eigenvalue weighted by atomic mass is 35.6. The van der Waals surface area contributed by atoms with Crippen LogP contribution in [0.3, 0.4) is 0 Å². The molecule has 1 nitrogen and oxygen atoms in total. The first kappa shape index (κ1) is 4.98. The van der Waals surface area contributed by atoms with Gasteiger partial charge >= 0.3 is 0 Å². The molecule has 38 valence electrons. The minimum atomic E-state index is -1.44. The first-order valence-electron chi connectivity index (χ1n) is 1.62. The Hall–Kier alpha value is 0.830. The molecular formula is C2H3Cl3O. The van der Waals surface area contributed by atoms with Crippen molar-refractivity contribution in [1.82, 2.24) is 0 Å². The van der Waals surface area contributed by atoms with Crippen LogP contribution in [0.2, 0.25) is 0 Å². The van der Waals surface area contributed by atoms with Crippen molar-refractivity contribution in [3.8, 4) is 0 Å². The first-order valence-corrected chi connectivity index (χ1v) is 2.34. The molecule has 0 aliphatic carbocycles. The summed E-state index contributed by atoms with van der Waals surface area (Å²) < 4.78 is 4.66. The van der Waals surface area contributed by atoms with Gasteiger partial charge in [0, 0.05) is 0 Å². The Bertz CT molecular complexity index is 51.4. The molecule has 0 fully saturated rings. The number of alkyl halides is 3. The highest BCUT2D eigenvalue weighted by Gasteiger charge is 2.16. The van der Waals surface area contributed by atoms with Crippen LogP contribution in [-0.2, 0) is 0 Å². The molecule has 0 rings (SSSR count). The highest BCUT2D eigenvalue weighted by molar-refractivity contribution is 6.67. The van der Waals surface area contributed by atoms with E-state index in [-0.39, 0.29) is 6.61 Å². The van der Waals surface area contributed by atoms with Crippen molar-refractivity contribution in [3.05, 3.63) is 0 Å². The number of hydrogen-bond acceptors (Lipinski definition) is 1. The van der Waals surface area contributed by atoms with Crippen molar-refractivity contribution in [1.29, 1.82) is 1.43 Å². The van der Waals surface area contributed by atoms with Gasteiger partial charge in [-0.1, -0.05) is 34.8 Å². The minimum absolute atomic E-state index is 0.197. The Morgan fingerprint density at radius 3 is 2.17 bits per heavy atom. The van der Waals surface area contributed by atoms with Gasteiger partial charge in [-0.25, -0.2) is 0 Å². The summed E-state index contributed by atoms with van der Waals surface area (Å²) in [5.74, 6) is 0. The third-order valence-corrected chi connectivity index (χ3v) is 0.491. The number of aliphatic hydroxyl groups is 1.